The summed E-state index contributed by atoms with van der Waals surface area (Å²) >= 11 is 0. The van der Waals surface area contributed by atoms with Gasteiger partial charge in [-0.3, -0.25) is 14.7 Å². The number of aromatic nitrogens is 1. The number of hydrogen-bond donors (Lipinski definition) is 0. The van der Waals surface area contributed by atoms with Crippen LogP contribution in [0.3, 0.4) is 0 Å². The summed E-state index contributed by atoms with van der Waals surface area (Å²) in [5.74, 6) is 0.394. The number of amides is 1. The monoisotopic (exact) mass is 354 g/mol. The Kier molecular flexibility index (Phi) is 5.09. The van der Waals surface area contributed by atoms with Crippen molar-refractivity contribution in [1.82, 2.24) is 19.7 Å². The molecular weight excluding hydrogens is 324 g/mol. The van der Waals surface area contributed by atoms with E-state index in [4.69, 9.17) is 0 Å². The Morgan fingerprint density at radius 3 is 2.85 bits per heavy atom. The zero-order valence-corrected chi connectivity index (χ0v) is 15.8. The third-order valence-electron chi connectivity index (χ3n) is 6.48. The Morgan fingerprint density at radius 2 is 2.08 bits per heavy atom. The van der Waals surface area contributed by atoms with Gasteiger partial charge in [0.15, 0.2) is 0 Å². The maximum Gasteiger partial charge on any atom is 0.230 e. The maximum absolute atomic E-state index is 13.6. The molecule has 0 spiro atoms. The number of allylic oxidation sites excluding steroid dienone is 1. The fourth-order valence-electron chi connectivity index (χ4n) is 4.99. The second-order valence-corrected chi connectivity index (χ2v) is 8.09. The molecule has 0 unspecified atom stereocenters. The number of likely N-dealkylation sites (N-methyl/N-ethyl adjacent to an activating group) is 1. The van der Waals surface area contributed by atoms with E-state index in [0.717, 1.165) is 70.6 Å². The minimum absolute atomic E-state index is 0.238. The van der Waals surface area contributed by atoms with Crippen LogP contribution in [0.2, 0.25) is 0 Å². The second kappa shape index (κ2) is 7.49. The predicted octanol–water partition coefficient (Wildman–Crippen LogP) is 2.16. The fraction of sp³-hybridized carbons (Fsp3) is 0.619. The number of pyridine rings is 1. The molecule has 3 aliphatic rings. The first-order valence-electron chi connectivity index (χ1n) is 9.96. The number of carbonyl (C=O) groups is 1. The summed E-state index contributed by atoms with van der Waals surface area (Å²) in [6.45, 7) is 5.45. The van der Waals surface area contributed by atoms with Gasteiger partial charge in [0.1, 0.15) is 0 Å². The molecule has 0 N–H and O–H groups in total. The summed E-state index contributed by atoms with van der Waals surface area (Å²) in [5, 5.41) is 0. The van der Waals surface area contributed by atoms with Crippen LogP contribution >= 0.6 is 0 Å². The van der Waals surface area contributed by atoms with E-state index in [1.807, 2.05) is 18.3 Å². The Labute approximate surface area is 156 Å². The number of carbonyl (C=O) groups excluding carboxylic acids is 1. The molecule has 0 aromatic carbocycles. The molecule has 1 saturated carbocycles. The Balaban J connectivity index is 1.57. The molecule has 2 fully saturated rings. The molecule has 140 valence electrons. The van der Waals surface area contributed by atoms with Gasteiger partial charge in [-0.15, -0.1) is 0 Å². The Hall–Kier alpha value is -1.72. The summed E-state index contributed by atoms with van der Waals surface area (Å²) in [7, 11) is 2.14. The average molecular weight is 354 g/mol. The maximum atomic E-state index is 13.6. The highest BCUT2D eigenvalue weighted by molar-refractivity contribution is 5.84. The van der Waals surface area contributed by atoms with Crippen molar-refractivity contribution in [2.75, 3.05) is 39.8 Å². The van der Waals surface area contributed by atoms with Gasteiger partial charge in [-0.1, -0.05) is 24.6 Å². The van der Waals surface area contributed by atoms with Crippen molar-refractivity contribution in [3.05, 3.63) is 42.2 Å². The van der Waals surface area contributed by atoms with Crippen LogP contribution in [-0.4, -0.2) is 71.4 Å². The SMILES string of the molecule is CN1CCN(C(=O)[C@@]23CC=CCN(Cc4ccccn4)[C@@H]2CCC3)CC1. The zero-order valence-electron chi connectivity index (χ0n) is 15.8. The second-order valence-electron chi connectivity index (χ2n) is 8.09. The third kappa shape index (κ3) is 3.30. The highest BCUT2D eigenvalue weighted by Crippen LogP contribution is 2.47. The topological polar surface area (TPSA) is 39.7 Å². The lowest BCUT2D eigenvalue weighted by atomic mass is 9.77. The molecule has 3 heterocycles. The van der Waals surface area contributed by atoms with Crippen molar-refractivity contribution < 1.29 is 4.79 Å². The molecule has 5 heteroatoms. The lowest BCUT2D eigenvalue weighted by molar-refractivity contribution is -0.147. The van der Waals surface area contributed by atoms with Gasteiger partial charge < -0.3 is 9.80 Å². The molecule has 1 aliphatic carbocycles. The molecule has 26 heavy (non-hydrogen) atoms. The molecule has 1 aromatic heterocycles. The number of nitrogens with zero attached hydrogens (tertiary/aromatic N) is 4. The van der Waals surface area contributed by atoms with Crippen molar-refractivity contribution in [2.24, 2.45) is 5.41 Å². The summed E-state index contributed by atoms with van der Waals surface area (Å²) in [6, 6.07) is 6.43. The molecule has 4 rings (SSSR count). The van der Waals surface area contributed by atoms with Crippen LogP contribution in [0, 0.1) is 5.41 Å². The summed E-state index contributed by atoms with van der Waals surface area (Å²) < 4.78 is 0. The zero-order chi connectivity index (χ0) is 18.0. The van der Waals surface area contributed by atoms with Gasteiger partial charge in [-0.2, -0.15) is 0 Å². The molecule has 5 nitrogen and oxygen atoms in total. The number of rotatable bonds is 3. The van der Waals surface area contributed by atoms with Gasteiger partial charge in [-0.25, -0.2) is 0 Å². The van der Waals surface area contributed by atoms with Crippen LogP contribution in [0.4, 0.5) is 0 Å². The number of piperazine rings is 1. The first-order chi connectivity index (χ1) is 12.7. The van der Waals surface area contributed by atoms with Crippen molar-refractivity contribution in [3.8, 4) is 0 Å². The third-order valence-corrected chi connectivity index (χ3v) is 6.48. The first kappa shape index (κ1) is 17.7. The molecule has 2 atom stereocenters. The van der Waals surface area contributed by atoms with Crippen LogP contribution in [0.25, 0.3) is 0 Å². The summed E-state index contributed by atoms with van der Waals surface area (Å²) in [4.78, 5) is 25.1. The highest BCUT2D eigenvalue weighted by Gasteiger charge is 2.52. The molecule has 0 radical (unpaired) electrons. The van der Waals surface area contributed by atoms with E-state index in [1.165, 1.54) is 0 Å². The number of fused-ring (bicyclic) bond motifs is 1. The fourth-order valence-corrected chi connectivity index (χ4v) is 4.99. The van der Waals surface area contributed by atoms with Crippen LogP contribution in [0.15, 0.2) is 36.5 Å². The number of hydrogen-bond acceptors (Lipinski definition) is 4. The highest BCUT2D eigenvalue weighted by atomic mass is 16.2. The van der Waals surface area contributed by atoms with Gasteiger partial charge in [0.05, 0.1) is 11.1 Å². The van der Waals surface area contributed by atoms with Gasteiger partial charge in [0.2, 0.25) is 5.91 Å². The van der Waals surface area contributed by atoms with Crippen LogP contribution < -0.4 is 0 Å². The Bertz CT molecular complexity index is 653. The molecule has 1 amide bonds. The lowest BCUT2D eigenvalue weighted by Gasteiger charge is -2.43. The first-order valence-corrected chi connectivity index (χ1v) is 9.96. The van der Waals surface area contributed by atoms with Gasteiger partial charge >= 0.3 is 0 Å². The molecule has 0 bridgehead atoms. The smallest absolute Gasteiger partial charge is 0.230 e. The van der Waals surface area contributed by atoms with E-state index in [-0.39, 0.29) is 5.41 Å². The summed E-state index contributed by atoms with van der Waals surface area (Å²) in [5.41, 5.74) is 0.855. The van der Waals surface area contributed by atoms with E-state index in [0.29, 0.717) is 11.9 Å². The summed E-state index contributed by atoms with van der Waals surface area (Å²) in [6.07, 6.45) is 10.5. The van der Waals surface area contributed by atoms with Crippen LogP contribution in [0.1, 0.15) is 31.4 Å². The molecule has 1 aromatic rings. The quantitative estimate of drug-likeness (QED) is 0.780. The normalized spacial score (nSPS) is 30.2. The molecular formula is C21H30N4O. The average Bonchev–Trinajstić information content (AvgIpc) is 3.02. The van der Waals surface area contributed by atoms with E-state index in [1.54, 1.807) is 0 Å². The minimum Gasteiger partial charge on any atom is -0.340 e. The van der Waals surface area contributed by atoms with Crippen molar-refractivity contribution in [3.63, 3.8) is 0 Å². The largest absolute Gasteiger partial charge is 0.340 e. The predicted molar refractivity (Wildman–Crippen MR) is 103 cm³/mol. The van der Waals surface area contributed by atoms with E-state index < -0.39 is 0 Å². The van der Waals surface area contributed by atoms with Crippen molar-refractivity contribution in [2.45, 2.75) is 38.3 Å². The van der Waals surface area contributed by atoms with Gasteiger partial charge in [0.25, 0.3) is 0 Å². The van der Waals surface area contributed by atoms with Gasteiger partial charge in [-0.05, 0) is 38.4 Å². The Morgan fingerprint density at radius 1 is 1.23 bits per heavy atom. The van der Waals surface area contributed by atoms with Gasteiger partial charge in [0, 0.05) is 51.5 Å². The molecule has 1 saturated heterocycles. The van der Waals surface area contributed by atoms with E-state index in [9.17, 15) is 4.79 Å². The minimum atomic E-state index is -0.238. The lowest BCUT2D eigenvalue weighted by Crippen LogP contribution is -2.56. The van der Waals surface area contributed by atoms with E-state index >= 15 is 0 Å². The van der Waals surface area contributed by atoms with Crippen LogP contribution in [-0.2, 0) is 11.3 Å². The van der Waals surface area contributed by atoms with E-state index in [2.05, 4.69) is 44.9 Å². The van der Waals surface area contributed by atoms with Crippen LogP contribution in [0.5, 0.6) is 0 Å². The molecule has 2 aliphatic heterocycles. The van der Waals surface area contributed by atoms with Crippen molar-refractivity contribution in [1.29, 1.82) is 0 Å². The van der Waals surface area contributed by atoms with Crippen molar-refractivity contribution >= 4 is 5.91 Å². The standard InChI is InChI=1S/C21H30N4O/c1-23-13-15-24(16-14-23)20(26)21-9-3-5-12-25(19(21)8-6-10-21)17-18-7-2-4-11-22-18/h2-5,7,11,19H,6,8-10,12-17H2,1H3/t19-,21-/m1/s1.